The highest BCUT2D eigenvalue weighted by Crippen LogP contribution is 2.44. The first-order valence-electron chi connectivity index (χ1n) is 14.0. The maximum atomic E-state index is 13.5. The molecule has 2 aliphatic heterocycles. The molecule has 0 amide bonds. The molecular weight excluding hydrogens is 438 g/mol. The molecule has 3 aliphatic rings. The molecule has 3 heterocycles. The summed E-state index contributed by atoms with van der Waals surface area (Å²) >= 11 is 0. The lowest BCUT2D eigenvalue weighted by Crippen LogP contribution is -2.50. The molecule has 6 nitrogen and oxygen atoms in total. The van der Waals surface area contributed by atoms with Crippen LogP contribution in [0.3, 0.4) is 0 Å². The molecule has 1 aromatic heterocycles. The van der Waals surface area contributed by atoms with E-state index in [4.69, 9.17) is 4.74 Å². The van der Waals surface area contributed by atoms with E-state index in [-0.39, 0.29) is 17.3 Å². The van der Waals surface area contributed by atoms with Gasteiger partial charge in [0.2, 0.25) is 5.69 Å². The van der Waals surface area contributed by atoms with Gasteiger partial charge in [-0.05, 0) is 50.7 Å². The topological polar surface area (TPSA) is 64.4 Å². The molecule has 2 aromatic rings. The Balaban J connectivity index is 1.40. The van der Waals surface area contributed by atoms with Gasteiger partial charge < -0.3 is 9.30 Å². The number of fused-ring (bicyclic) bond motifs is 3. The summed E-state index contributed by atoms with van der Waals surface area (Å²) in [5.74, 6) is -0.650. The molecule has 3 atom stereocenters. The zero-order valence-corrected chi connectivity index (χ0v) is 21.3. The fourth-order valence-electron chi connectivity index (χ4n) is 7.18. The lowest BCUT2D eigenvalue weighted by atomic mass is 9.90. The summed E-state index contributed by atoms with van der Waals surface area (Å²) in [5, 5.41) is 0. The van der Waals surface area contributed by atoms with Gasteiger partial charge >= 0.3 is 5.97 Å². The largest absolute Gasteiger partial charge is 0.464 e. The van der Waals surface area contributed by atoms with E-state index >= 15 is 0 Å². The number of esters is 1. The van der Waals surface area contributed by atoms with Gasteiger partial charge in [-0.15, -0.1) is 0 Å². The zero-order chi connectivity index (χ0) is 24.2. The highest BCUT2D eigenvalue weighted by molar-refractivity contribution is 5.89. The average molecular weight is 480 g/mol. The van der Waals surface area contributed by atoms with Gasteiger partial charge in [-0.1, -0.05) is 69.9 Å². The van der Waals surface area contributed by atoms with Crippen molar-refractivity contribution in [1.29, 1.82) is 0 Å². The Morgan fingerprint density at radius 3 is 1.97 bits per heavy atom. The minimum Gasteiger partial charge on any atom is -0.464 e. The maximum absolute atomic E-state index is 13.5. The van der Waals surface area contributed by atoms with Crippen molar-refractivity contribution in [3.05, 3.63) is 40.3 Å². The second-order valence-electron chi connectivity index (χ2n) is 11.0. The number of methoxy groups -OCH3 is 1. The molecule has 3 fully saturated rings. The van der Waals surface area contributed by atoms with Gasteiger partial charge in [0, 0.05) is 24.2 Å². The van der Waals surface area contributed by atoms with Crippen LogP contribution in [0.1, 0.15) is 113 Å². The molecule has 1 saturated carbocycles. The van der Waals surface area contributed by atoms with E-state index in [1.165, 1.54) is 90.6 Å². The van der Waals surface area contributed by atoms with Crippen LogP contribution in [0.2, 0.25) is 0 Å². The summed E-state index contributed by atoms with van der Waals surface area (Å²) in [6.45, 7) is 0. The molecular formula is C29H41N3O3. The lowest BCUT2D eigenvalue weighted by Gasteiger charge is -2.44. The van der Waals surface area contributed by atoms with Gasteiger partial charge in [0.15, 0.2) is 0 Å². The predicted octanol–water partition coefficient (Wildman–Crippen LogP) is 6.02. The molecule has 35 heavy (non-hydrogen) atoms. The molecule has 0 spiro atoms. The van der Waals surface area contributed by atoms with Crippen LogP contribution in [-0.2, 0) is 4.74 Å². The van der Waals surface area contributed by atoms with E-state index in [0.717, 1.165) is 18.4 Å². The van der Waals surface area contributed by atoms with E-state index in [1.54, 1.807) is 0 Å². The number of benzene rings is 1. The van der Waals surface area contributed by atoms with Gasteiger partial charge in [-0.25, -0.2) is 9.78 Å². The number of nitrogens with zero attached hydrogens (tertiary/aromatic N) is 3. The Kier molecular flexibility index (Phi) is 7.86. The van der Waals surface area contributed by atoms with E-state index in [2.05, 4.69) is 9.88 Å². The normalized spacial score (nSPS) is 27.3. The second kappa shape index (κ2) is 11.2. The molecule has 2 saturated heterocycles. The molecule has 0 radical (unpaired) electrons. The molecule has 6 heteroatoms. The Morgan fingerprint density at radius 1 is 0.800 bits per heavy atom. The first-order chi connectivity index (χ1) is 17.2. The van der Waals surface area contributed by atoms with Crippen LogP contribution in [0.25, 0.3) is 11.0 Å². The van der Waals surface area contributed by atoms with Crippen molar-refractivity contribution in [3.8, 4) is 0 Å². The Bertz CT molecular complexity index is 1050. The SMILES string of the molecule is COC(=O)c1nc2ccccc2n([C@H]2C[C@H]3CC[C@@H](C2)N3C2CCCCCCCCCCC2)c1=O. The molecule has 0 unspecified atom stereocenters. The number of para-hydroxylation sites is 2. The van der Waals surface area contributed by atoms with Gasteiger partial charge in [-0.2, -0.15) is 0 Å². The number of rotatable bonds is 3. The molecule has 1 aromatic carbocycles. The van der Waals surface area contributed by atoms with Gasteiger partial charge in [-0.3, -0.25) is 9.69 Å². The predicted molar refractivity (Wildman–Crippen MR) is 139 cm³/mol. The average Bonchev–Trinajstić information content (AvgIpc) is 3.12. The number of hydrogen-bond acceptors (Lipinski definition) is 5. The number of piperidine rings is 1. The summed E-state index contributed by atoms with van der Waals surface area (Å²) in [6, 6.07) is 9.53. The maximum Gasteiger partial charge on any atom is 0.362 e. The van der Waals surface area contributed by atoms with E-state index < -0.39 is 5.97 Å². The van der Waals surface area contributed by atoms with Crippen LogP contribution in [-0.4, -0.2) is 45.7 Å². The van der Waals surface area contributed by atoms with Crippen molar-refractivity contribution in [3.63, 3.8) is 0 Å². The fourth-order valence-corrected chi connectivity index (χ4v) is 7.18. The number of hydrogen-bond donors (Lipinski definition) is 0. The van der Waals surface area contributed by atoms with Crippen molar-refractivity contribution < 1.29 is 9.53 Å². The molecule has 2 bridgehead atoms. The lowest BCUT2D eigenvalue weighted by molar-refractivity contribution is 0.0508. The number of aromatic nitrogens is 2. The summed E-state index contributed by atoms with van der Waals surface area (Å²) in [7, 11) is 1.31. The van der Waals surface area contributed by atoms with Crippen LogP contribution in [0.5, 0.6) is 0 Å². The second-order valence-corrected chi connectivity index (χ2v) is 11.0. The van der Waals surface area contributed by atoms with Crippen LogP contribution in [0.15, 0.2) is 29.1 Å². The van der Waals surface area contributed by atoms with Crippen molar-refractivity contribution in [1.82, 2.24) is 14.5 Å². The van der Waals surface area contributed by atoms with Crippen LogP contribution >= 0.6 is 0 Å². The Hall–Kier alpha value is -2.21. The summed E-state index contributed by atoms with van der Waals surface area (Å²) < 4.78 is 6.77. The third-order valence-corrected chi connectivity index (χ3v) is 8.80. The summed E-state index contributed by atoms with van der Waals surface area (Å²) in [5.41, 5.74) is 1.11. The van der Waals surface area contributed by atoms with Gasteiger partial charge in [0.1, 0.15) is 0 Å². The van der Waals surface area contributed by atoms with Crippen molar-refractivity contribution in [2.75, 3.05) is 7.11 Å². The van der Waals surface area contributed by atoms with Crippen molar-refractivity contribution in [2.24, 2.45) is 0 Å². The number of carbonyl (C=O) groups excluding carboxylic acids is 1. The monoisotopic (exact) mass is 479 g/mol. The van der Waals surface area contributed by atoms with Crippen molar-refractivity contribution >= 4 is 17.0 Å². The van der Waals surface area contributed by atoms with Gasteiger partial charge in [0.25, 0.3) is 5.56 Å². The highest BCUT2D eigenvalue weighted by Gasteiger charge is 2.44. The van der Waals surface area contributed by atoms with Crippen LogP contribution in [0, 0.1) is 0 Å². The Labute approximate surface area is 209 Å². The van der Waals surface area contributed by atoms with Gasteiger partial charge in [0.05, 0.1) is 18.1 Å². The van der Waals surface area contributed by atoms with Crippen LogP contribution < -0.4 is 5.56 Å². The third kappa shape index (κ3) is 5.18. The minimum absolute atomic E-state index is 0.0961. The first kappa shape index (κ1) is 24.5. The molecule has 5 rings (SSSR count). The third-order valence-electron chi connectivity index (χ3n) is 8.80. The quantitative estimate of drug-likeness (QED) is 0.503. The molecule has 190 valence electrons. The molecule has 0 N–H and O–H groups in total. The van der Waals surface area contributed by atoms with Crippen molar-refractivity contribution in [2.45, 2.75) is 120 Å². The smallest absolute Gasteiger partial charge is 0.362 e. The highest BCUT2D eigenvalue weighted by atomic mass is 16.5. The first-order valence-corrected chi connectivity index (χ1v) is 14.0. The van der Waals surface area contributed by atoms with E-state index in [0.29, 0.717) is 23.6 Å². The summed E-state index contributed by atoms with van der Waals surface area (Å²) in [6.07, 6.45) is 19.5. The minimum atomic E-state index is -0.650. The number of ether oxygens (including phenoxy) is 1. The summed E-state index contributed by atoms with van der Waals surface area (Å²) in [4.78, 5) is 33.1. The zero-order valence-electron chi connectivity index (χ0n) is 21.3. The molecule has 1 aliphatic carbocycles. The number of carbonyl (C=O) groups is 1. The fraction of sp³-hybridized carbons (Fsp3) is 0.690. The van der Waals surface area contributed by atoms with E-state index in [1.807, 2.05) is 28.8 Å². The standard InChI is InChI=1S/C29H41N3O3/c1-35-29(34)27-28(33)32(26-16-12-11-15-25(26)30-27)24-19-22-17-18-23(20-24)31(22)21-13-9-7-5-3-2-4-6-8-10-14-21/h11-12,15-16,21-24H,2-10,13-14,17-20H2,1H3/t22-,23+,24+. The van der Waals surface area contributed by atoms with E-state index in [9.17, 15) is 9.59 Å². The Morgan fingerprint density at radius 2 is 1.37 bits per heavy atom. The van der Waals surface area contributed by atoms with Crippen LogP contribution in [0.4, 0.5) is 0 Å².